The number of benzene rings is 1. The Balaban J connectivity index is 3.68. The molecule has 0 N–H and O–H groups in total. The molecule has 0 radical (unpaired) electrons. The van der Waals surface area contributed by atoms with Crippen LogP contribution in [0.5, 0.6) is 5.75 Å². The number of rotatable bonds is 6. The first-order chi connectivity index (χ1) is 13.6. The summed E-state index contributed by atoms with van der Waals surface area (Å²) in [5.41, 5.74) is -2.35. The molecule has 0 aliphatic heterocycles. The summed E-state index contributed by atoms with van der Waals surface area (Å²) in [6.45, 7) is 0. The molecule has 0 saturated carbocycles. The molecule has 176 valence electrons. The molecule has 0 aliphatic rings. The first kappa shape index (κ1) is 26.7. The van der Waals surface area contributed by atoms with Crippen molar-refractivity contribution < 1.29 is 75.4 Å². The Morgan fingerprint density at radius 3 is 1.52 bits per heavy atom. The number of hydrogen-bond acceptors (Lipinski definition) is 2. The quantitative estimate of drug-likeness (QED) is 0.143. The second-order valence-corrected chi connectivity index (χ2v) is 5.49. The molecular weight excluding hydrogens is 509 g/mol. The zero-order valence-corrected chi connectivity index (χ0v) is 14.1. The monoisotopic (exact) mass is 508 g/mol. The van der Waals surface area contributed by atoms with Gasteiger partial charge in [-0.1, -0.05) is 0 Å². The zero-order chi connectivity index (χ0) is 24.9. The Hall–Kier alpha value is -2.33. The van der Waals surface area contributed by atoms with E-state index < -0.39 is 75.6 Å². The highest BCUT2D eigenvalue weighted by Crippen LogP contribution is 2.56. The molecule has 0 aromatic heterocycles. The summed E-state index contributed by atoms with van der Waals surface area (Å²) in [4.78, 5) is 10.9. The molecule has 0 fully saturated rings. The van der Waals surface area contributed by atoms with Crippen LogP contribution in [0.2, 0.25) is 0 Å². The average molecular weight is 509 g/mol. The van der Waals surface area contributed by atoms with Gasteiger partial charge in [-0.25, -0.2) is 13.2 Å². The molecule has 1 aromatic carbocycles. The number of ether oxygens (including phenoxy) is 1. The smallest absolute Gasteiger partial charge is 0.425 e. The molecule has 0 amide bonds. The predicted molar refractivity (Wildman–Crippen MR) is 67.2 cm³/mol. The van der Waals surface area contributed by atoms with Crippen molar-refractivity contribution in [1.29, 1.82) is 0 Å². The Bertz CT molecular complexity index is 934. The van der Waals surface area contributed by atoms with E-state index in [2.05, 4.69) is 16.3 Å². The molecule has 0 saturated heterocycles. The molecule has 0 bridgehead atoms. The Kier molecular flexibility index (Phi) is 6.87. The number of allylic oxidation sites excluding steroid dienone is 1. The van der Waals surface area contributed by atoms with Gasteiger partial charge in [-0.3, -0.25) is 4.79 Å². The predicted octanol–water partition coefficient (Wildman–Crippen LogP) is 6.58. The summed E-state index contributed by atoms with van der Waals surface area (Å²) in [6, 6.07) is -3.97. The molecule has 0 spiro atoms. The number of carbonyl (C=O) groups excluding carboxylic acids is 1. The van der Waals surface area contributed by atoms with Crippen LogP contribution in [0, 0.1) is 23.3 Å². The van der Waals surface area contributed by atoms with E-state index in [1.165, 1.54) is 0 Å². The number of carbonyl (C=O) groups is 1. The van der Waals surface area contributed by atoms with Gasteiger partial charge >= 0.3 is 30.0 Å². The van der Waals surface area contributed by atoms with Crippen LogP contribution in [0.15, 0.2) is 11.8 Å². The zero-order valence-electron chi connectivity index (χ0n) is 13.4. The van der Waals surface area contributed by atoms with Crippen LogP contribution in [0.3, 0.4) is 0 Å². The van der Waals surface area contributed by atoms with Crippen molar-refractivity contribution in [3.8, 4) is 5.75 Å². The van der Waals surface area contributed by atoms with E-state index in [4.69, 9.17) is 0 Å². The fourth-order valence-corrected chi connectivity index (χ4v) is 1.82. The third-order valence-corrected chi connectivity index (χ3v) is 3.39. The van der Waals surface area contributed by atoms with Crippen LogP contribution >= 0.6 is 11.6 Å². The topological polar surface area (TPSA) is 26.3 Å². The van der Waals surface area contributed by atoms with Gasteiger partial charge in [-0.2, -0.15) is 52.7 Å². The molecule has 0 heterocycles. The molecule has 31 heavy (non-hydrogen) atoms. The molecule has 0 aliphatic carbocycles. The maximum atomic E-state index is 13.5. The van der Waals surface area contributed by atoms with E-state index in [-0.39, 0.29) is 0 Å². The van der Waals surface area contributed by atoms with Crippen molar-refractivity contribution in [1.82, 2.24) is 0 Å². The minimum absolute atomic E-state index is 2.35. The normalized spacial score (nSPS) is 14.5. The summed E-state index contributed by atoms with van der Waals surface area (Å²) < 4.78 is 197. The maximum absolute atomic E-state index is 13.5. The van der Waals surface area contributed by atoms with Crippen LogP contribution in [-0.2, 0) is 0 Å². The van der Waals surface area contributed by atoms with Gasteiger partial charge in [-0.15, -0.1) is 0 Å². The van der Waals surface area contributed by atoms with Crippen LogP contribution in [-0.4, -0.2) is 29.2 Å². The van der Waals surface area contributed by atoms with E-state index in [1.54, 1.807) is 0 Å². The first-order valence-electron chi connectivity index (χ1n) is 6.64. The van der Waals surface area contributed by atoms with Crippen molar-refractivity contribution in [2.75, 3.05) is 0 Å². The highest BCUT2D eigenvalue weighted by molar-refractivity contribution is 6.68. The standard InChI is InChI=1S/C13ClF15O2/c14-8(30)1-2(15)3(16)4(17)5(18)6(1)31-9(20)7(19)10(21,22)11(23,24)12(25,26)13(27,28)29. The molecule has 18 heteroatoms. The van der Waals surface area contributed by atoms with E-state index in [1.807, 2.05) is 0 Å². The van der Waals surface area contributed by atoms with E-state index in [9.17, 15) is 70.7 Å². The second-order valence-electron chi connectivity index (χ2n) is 5.14. The van der Waals surface area contributed by atoms with Gasteiger partial charge in [0.1, 0.15) is 5.56 Å². The van der Waals surface area contributed by atoms with Gasteiger partial charge in [0.25, 0.3) is 5.24 Å². The van der Waals surface area contributed by atoms with Crippen LogP contribution in [0.25, 0.3) is 0 Å². The largest absolute Gasteiger partial charge is 0.460 e. The molecular formula is C13ClF15O2. The number of hydrogen-bond donors (Lipinski definition) is 0. The molecule has 2 nitrogen and oxygen atoms in total. The first-order valence-corrected chi connectivity index (χ1v) is 7.01. The van der Waals surface area contributed by atoms with Gasteiger partial charge < -0.3 is 4.74 Å². The minimum atomic E-state index is -7.74. The van der Waals surface area contributed by atoms with Gasteiger partial charge in [-0.05, 0) is 11.6 Å². The number of alkyl halides is 9. The summed E-state index contributed by atoms with van der Waals surface area (Å²) >= 11 is 4.61. The maximum Gasteiger partial charge on any atom is 0.460 e. The number of halogens is 16. The molecule has 1 aromatic rings. The molecule has 0 atom stereocenters. The second kappa shape index (κ2) is 7.98. The Labute approximate surface area is 163 Å². The van der Waals surface area contributed by atoms with Gasteiger partial charge in [0.05, 0.1) is 0 Å². The van der Waals surface area contributed by atoms with Crippen molar-refractivity contribution in [3.63, 3.8) is 0 Å². The van der Waals surface area contributed by atoms with Crippen molar-refractivity contribution in [3.05, 3.63) is 40.7 Å². The lowest BCUT2D eigenvalue weighted by Gasteiger charge is -2.32. The summed E-state index contributed by atoms with van der Waals surface area (Å²) in [7, 11) is 0. The van der Waals surface area contributed by atoms with E-state index in [0.717, 1.165) is 0 Å². The van der Waals surface area contributed by atoms with Crippen molar-refractivity contribution >= 4 is 16.8 Å². The minimum Gasteiger partial charge on any atom is -0.425 e. The van der Waals surface area contributed by atoms with Crippen molar-refractivity contribution in [2.24, 2.45) is 0 Å². The molecule has 0 unspecified atom stereocenters. The lowest BCUT2D eigenvalue weighted by atomic mass is 10.0. The summed E-state index contributed by atoms with van der Waals surface area (Å²) in [5, 5.41) is -2.39. The summed E-state index contributed by atoms with van der Waals surface area (Å²) in [6.07, 6.45) is -7.43. The van der Waals surface area contributed by atoms with Crippen molar-refractivity contribution in [2.45, 2.75) is 23.9 Å². The molecule has 1 rings (SSSR count). The van der Waals surface area contributed by atoms with Gasteiger partial charge in [0, 0.05) is 0 Å². The Morgan fingerprint density at radius 2 is 1.13 bits per heavy atom. The third kappa shape index (κ3) is 4.10. The van der Waals surface area contributed by atoms with Crippen LogP contribution in [0.1, 0.15) is 10.4 Å². The SMILES string of the molecule is O=C(Cl)c1c(F)c(F)c(F)c(F)c1OC(F)=C(F)C(F)(F)C(F)(F)C(F)(F)C(F)(F)F. The fourth-order valence-electron chi connectivity index (χ4n) is 1.65. The fraction of sp³-hybridized carbons (Fsp3) is 0.308. The lowest BCUT2D eigenvalue weighted by molar-refractivity contribution is -0.392. The van der Waals surface area contributed by atoms with E-state index in [0.29, 0.717) is 0 Å². The van der Waals surface area contributed by atoms with Crippen LogP contribution in [0.4, 0.5) is 65.9 Å². The van der Waals surface area contributed by atoms with E-state index >= 15 is 0 Å². The van der Waals surface area contributed by atoms with Crippen LogP contribution < -0.4 is 4.74 Å². The van der Waals surface area contributed by atoms with Gasteiger partial charge in [0.2, 0.25) is 17.5 Å². The Morgan fingerprint density at radius 1 is 0.710 bits per heavy atom. The highest BCUT2D eigenvalue weighted by Gasteiger charge is 2.83. The lowest BCUT2D eigenvalue weighted by Crippen LogP contribution is -2.61. The average Bonchev–Trinajstić information content (AvgIpc) is 2.61. The highest BCUT2D eigenvalue weighted by atomic mass is 35.5. The summed E-state index contributed by atoms with van der Waals surface area (Å²) in [5.74, 6) is -41.6. The third-order valence-electron chi connectivity index (χ3n) is 3.21. The van der Waals surface area contributed by atoms with Gasteiger partial charge in [0.15, 0.2) is 17.4 Å².